The van der Waals surface area contributed by atoms with Crippen molar-refractivity contribution in [1.29, 1.82) is 0 Å². The van der Waals surface area contributed by atoms with Crippen LogP contribution >= 0.6 is 0 Å². The molecule has 1 spiro atoms. The second kappa shape index (κ2) is 4.42. The van der Waals surface area contributed by atoms with Gasteiger partial charge in [-0.05, 0) is 55.3 Å². The average Bonchev–Trinajstić information content (AvgIpc) is 3.21. The van der Waals surface area contributed by atoms with E-state index in [9.17, 15) is 10.2 Å². The number of ether oxygens (including phenoxy) is 1. The number of hydrogen-bond acceptors (Lipinski definition) is 3. The molecule has 3 aliphatic carbocycles. The number of rotatable bonds is 2. The van der Waals surface area contributed by atoms with E-state index in [2.05, 4.69) is 33.4 Å². The predicted octanol–water partition coefficient (Wildman–Crippen LogP) is 3.44. The Hall–Kier alpha value is -0.380. The summed E-state index contributed by atoms with van der Waals surface area (Å²) in [6, 6.07) is 0. The molecule has 4 rings (SSSR count). The van der Waals surface area contributed by atoms with Crippen LogP contribution < -0.4 is 0 Å². The summed E-state index contributed by atoms with van der Waals surface area (Å²) in [5, 5.41) is 22.0. The van der Waals surface area contributed by atoms with Gasteiger partial charge in [0.15, 0.2) is 0 Å². The Morgan fingerprint density at radius 2 is 1.91 bits per heavy atom. The molecule has 3 saturated carbocycles. The van der Waals surface area contributed by atoms with E-state index in [0.29, 0.717) is 5.92 Å². The average molecular weight is 320 g/mol. The SMILES string of the molecule is C=C[C@]1(C)CC[C@]2(O)[C@]3(C)CCC[C@](C)(CO)[C@H]3C[C@H]3O[C@]32C1. The van der Waals surface area contributed by atoms with Gasteiger partial charge in [-0.25, -0.2) is 0 Å². The van der Waals surface area contributed by atoms with Crippen molar-refractivity contribution in [3.8, 4) is 0 Å². The van der Waals surface area contributed by atoms with Gasteiger partial charge >= 0.3 is 0 Å². The fraction of sp³-hybridized carbons (Fsp3) is 0.900. The molecule has 1 aliphatic heterocycles. The van der Waals surface area contributed by atoms with Crippen molar-refractivity contribution in [2.45, 2.75) is 83.0 Å². The van der Waals surface area contributed by atoms with E-state index >= 15 is 0 Å². The van der Waals surface area contributed by atoms with Gasteiger partial charge in [0, 0.05) is 12.0 Å². The normalized spacial score (nSPS) is 61.1. The van der Waals surface area contributed by atoms with Crippen LogP contribution in [0.1, 0.15) is 65.7 Å². The Bertz CT molecular complexity index is 547. The summed E-state index contributed by atoms with van der Waals surface area (Å²) in [6.45, 7) is 11.0. The van der Waals surface area contributed by atoms with Crippen molar-refractivity contribution >= 4 is 0 Å². The van der Waals surface area contributed by atoms with Crippen LogP contribution in [0.15, 0.2) is 12.7 Å². The topological polar surface area (TPSA) is 53.0 Å². The molecule has 3 nitrogen and oxygen atoms in total. The van der Waals surface area contributed by atoms with Crippen LogP contribution in [0.4, 0.5) is 0 Å². The molecule has 0 aromatic rings. The van der Waals surface area contributed by atoms with Crippen molar-refractivity contribution in [3.63, 3.8) is 0 Å². The number of fused-ring (bicyclic) bond motifs is 2. The largest absolute Gasteiger partial charge is 0.396 e. The highest BCUT2D eigenvalue weighted by Gasteiger charge is 2.81. The first-order chi connectivity index (χ1) is 10.7. The van der Waals surface area contributed by atoms with Crippen molar-refractivity contribution in [2.75, 3.05) is 6.61 Å². The number of allylic oxidation sites excluding steroid dienone is 1. The lowest BCUT2D eigenvalue weighted by atomic mass is 9.41. The van der Waals surface area contributed by atoms with E-state index in [1.807, 2.05) is 0 Å². The van der Waals surface area contributed by atoms with Crippen LogP contribution in [0.5, 0.6) is 0 Å². The highest BCUT2D eigenvalue weighted by molar-refractivity contribution is 5.31. The van der Waals surface area contributed by atoms with E-state index in [-0.39, 0.29) is 34.6 Å². The molecule has 3 heteroatoms. The number of hydrogen-bond donors (Lipinski definition) is 2. The van der Waals surface area contributed by atoms with Crippen molar-refractivity contribution in [2.24, 2.45) is 22.2 Å². The summed E-state index contributed by atoms with van der Waals surface area (Å²) in [7, 11) is 0. The Morgan fingerprint density at radius 3 is 2.57 bits per heavy atom. The molecule has 0 amide bonds. The van der Waals surface area contributed by atoms with E-state index in [0.717, 1.165) is 44.9 Å². The zero-order chi connectivity index (χ0) is 16.7. The van der Waals surface area contributed by atoms with Crippen LogP contribution in [0.3, 0.4) is 0 Å². The second-order valence-electron chi connectivity index (χ2n) is 9.76. The minimum atomic E-state index is -0.757. The highest BCUT2D eigenvalue weighted by atomic mass is 16.6. The maximum absolute atomic E-state index is 12.0. The predicted molar refractivity (Wildman–Crippen MR) is 90.0 cm³/mol. The fourth-order valence-corrected chi connectivity index (χ4v) is 6.85. The maximum atomic E-state index is 12.0. The number of aliphatic hydroxyl groups is 2. The zero-order valence-corrected chi connectivity index (χ0v) is 14.9. The van der Waals surface area contributed by atoms with Crippen LogP contribution in [0.25, 0.3) is 0 Å². The molecular formula is C20H32O3. The first-order valence-electron chi connectivity index (χ1n) is 9.33. The summed E-state index contributed by atoms with van der Waals surface area (Å²) >= 11 is 0. The number of epoxide rings is 1. The first kappa shape index (κ1) is 16.1. The Kier molecular flexibility index (Phi) is 3.09. The third-order valence-electron chi connectivity index (χ3n) is 8.54. The third kappa shape index (κ3) is 1.72. The highest BCUT2D eigenvalue weighted by Crippen LogP contribution is 2.74. The van der Waals surface area contributed by atoms with Gasteiger partial charge in [0.05, 0.1) is 6.10 Å². The van der Waals surface area contributed by atoms with Gasteiger partial charge in [0.2, 0.25) is 0 Å². The van der Waals surface area contributed by atoms with Gasteiger partial charge in [-0.1, -0.05) is 33.3 Å². The minimum absolute atomic E-state index is 0.0686. The Labute approximate surface area is 140 Å². The van der Waals surface area contributed by atoms with E-state index in [1.54, 1.807) is 0 Å². The van der Waals surface area contributed by atoms with E-state index in [4.69, 9.17) is 4.74 Å². The first-order valence-corrected chi connectivity index (χ1v) is 9.33. The van der Waals surface area contributed by atoms with E-state index in [1.165, 1.54) is 0 Å². The lowest BCUT2D eigenvalue weighted by Gasteiger charge is -2.64. The zero-order valence-electron chi connectivity index (χ0n) is 14.9. The van der Waals surface area contributed by atoms with Gasteiger partial charge in [0.1, 0.15) is 11.2 Å². The van der Waals surface area contributed by atoms with Gasteiger partial charge in [-0.3, -0.25) is 0 Å². The minimum Gasteiger partial charge on any atom is -0.396 e. The lowest BCUT2D eigenvalue weighted by molar-refractivity contribution is -0.229. The second-order valence-corrected chi connectivity index (χ2v) is 9.76. The maximum Gasteiger partial charge on any atom is 0.125 e. The molecule has 4 fully saturated rings. The monoisotopic (exact) mass is 320 g/mol. The van der Waals surface area contributed by atoms with Crippen LogP contribution in [-0.2, 0) is 4.74 Å². The van der Waals surface area contributed by atoms with Crippen LogP contribution in [-0.4, -0.2) is 34.1 Å². The molecule has 130 valence electrons. The summed E-state index contributed by atoms with van der Waals surface area (Å²) in [5.41, 5.74) is -1.29. The molecular weight excluding hydrogens is 288 g/mol. The van der Waals surface area contributed by atoms with Gasteiger partial charge in [-0.2, -0.15) is 0 Å². The fourth-order valence-electron chi connectivity index (χ4n) is 6.85. The number of aliphatic hydroxyl groups excluding tert-OH is 1. The molecule has 1 saturated heterocycles. The van der Waals surface area contributed by atoms with Gasteiger partial charge < -0.3 is 14.9 Å². The van der Waals surface area contributed by atoms with Crippen molar-refractivity contribution < 1.29 is 14.9 Å². The molecule has 0 aromatic heterocycles. The Balaban J connectivity index is 1.77. The quantitative estimate of drug-likeness (QED) is 0.605. The molecule has 23 heavy (non-hydrogen) atoms. The Morgan fingerprint density at radius 1 is 1.17 bits per heavy atom. The smallest absolute Gasteiger partial charge is 0.125 e. The van der Waals surface area contributed by atoms with E-state index < -0.39 is 5.60 Å². The van der Waals surface area contributed by atoms with Crippen molar-refractivity contribution in [1.82, 2.24) is 0 Å². The summed E-state index contributed by atoms with van der Waals surface area (Å²) in [4.78, 5) is 0. The van der Waals surface area contributed by atoms with Crippen LogP contribution in [0.2, 0.25) is 0 Å². The molecule has 0 radical (unpaired) electrons. The molecule has 0 unspecified atom stereocenters. The molecule has 0 bridgehead atoms. The molecule has 4 aliphatic rings. The molecule has 1 heterocycles. The van der Waals surface area contributed by atoms with Gasteiger partial charge in [-0.15, -0.1) is 6.58 Å². The summed E-state index contributed by atoms with van der Waals surface area (Å²) < 4.78 is 6.29. The lowest BCUT2D eigenvalue weighted by Crippen LogP contribution is -2.70. The van der Waals surface area contributed by atoms with Crippen molar-refractivity contribution in [3.05, 3.63) is 12.7 Å². The summed E-state index contributed by atoms with van der Waals surface area (Å²) in [5.74, 6) is 0.340. The molecule has 0 aromatic carbocycles. The van der Waals surface area contributed by atoms with Gasteiger partial charge in [0.25, 0.3) is 0 Å². The third-order valence-corrected chi connectivity index (χ3v) is 8.54. The molecule has 7 atom stereocenters. The standard InChI is InChI=1S/C20H32O3/c1-5-16(2)9-10-20(22)18(4)8-6-7-17(3,13-21)14(18)11-15-19(20,12-16)23-15/h5,14-15,21-22H,1,6-13H2,2-4H3/t14-,15-,16-,17-,18-,19-,20+/m1/s1. The molecule has 2 N–H and O–H groups in total. The summed E-state index contributed by atoms with van der Waals surface area (Å²) in [6.07, 6.45) is 9.07. The van der Waals surface area contributed by atoms with Crippen LogP contribution in [0, 0.1) is 22.2 Å².